The number of carboxylic acid groups (broad SMARTS) is 1. The lowest BCUT2D eigenvalue weighted by atomic mass is 10.3. The van der Waals surface area contributed by atoms with Crippen LogP contribution in [0.2, 0.25) is 0 Å². The van der Waals surface area contributed by atoms with Gasteiger partial charge in [0.1, 0.15) is 0 Å². The quantitative estimate of drug-likeness (QED) is 0.779. The Bertz CT molecular complexity index is 528. The number of carboxylic acids is 1. The van der Waals surface area contributed by atoms with E-state index >= 15 is 0 Å². The van der Waals surface area contributed by atoms with Gasteiger partial charge in [-0.25, -0.2) is 18.2 Å². The number of H-pyrrole nitrogens is 1. The van der Waals surface area contributed by atoms with Gasteiger partial charge < -0.3 is 10.1 Å². The minimum atomic E-state index is -4.04. The molecule has 0 aromatic carbocycles. The fourth-order valence-corrected chi connectivity index (χ4v) is 1.81. The fraction of sp³-hybridized carbons (Fsp3) is 0.375. The summed E-state index contributed by atoms with van der Waals surface area (Å²) in [6.45, 7) is 2.67. The molecule has 1 rings (SSSR count). The van der Waals surface area contributed by atoms with Crippen molar-refractivity contribution in [3.8, 4) is 0 Å². The van der Waals surface area contributed by atoms with Crippen LogP contribution in [0.3, 0.4) is 0 Å². The monoisotopic (exact) mass is 246 g/mol. The van der Waals surface area contributed by atoms with Crippen LogP contribution in [-0.4, -0.2) is 39.8 Å². The van der Waals surface area contributed by atoms with Gasteiger partial charge in [0.05, 0.1) is 11.6 Å². The lowest BCUT2D eigenvalue weighted by molar-refractivity contribution is 0.0687. The smallest absolute Gasteiger partial charge is 0.354 e. The van der Waals surface area contributed by atoms with E-state index < -0.39 is 37.6 Å². The molecule has 0 atom stereocenters. The summed E-state index contributed by atoms with van der Waals surface area (Å²) in [6.07, 6.45) is 0.965. The first kappa shape index (κ1) is 12.4. The van der Waals surface area contributed by atoms with E-state index in [0.717, 1.165) is 6.33 Å². The van der Waals surface area contributed by atoms with Crippen molar-refractivity contribution in [2.45, 2.75) is 19.1 Å². The Morgan fingerprint density at radius 3 is 2.44 bits per heavy atom. The highest BCUT2D eigenvalue weighted by molar-refractivity contribution is 8.07. The second kappa shape index (κ2) is 4.05. The maximum atomic E-state index is 11.6. The Morgan fingerprint density at radius 2 is 2.00 bits per heavy atom. The first-order valence-corrected chi connectivity index (χ1v) is 5.88. The van der Waals surface area contributed by atoms with E-state index in [0.29, 0.717) is 0 Å². The molecule has 0 amide bonds. The molecule has 2 N–H and O–H groups in total. The largest absolute Gasteiger partial charge is 0.477 e. The zero-order valence-electron chi connectivity index (χ0n) is 8.59. The first-order valence-electron chi connectivity index (χ1n) is 4.33. The van der Waals surface area contributed by atoms with Crippen LogP contribution in [0.15, 0.2) is 6.33 Å². The Labute approximate surface area is 91.4 Å². The highest BCUT2D eigenvalue weighted by atomic mass is 32.2. The van der Waals surface area contributed by atoms with Gasteiger partial charge in [-0.3, -0.25) is 4.79 Å². The molecule has 0 saturated heterocycles. The average Bonchev–Trinajstić information content (AvgIpc) is 2.64. The molecule has 1 heterocycles. The Morgan fingerprint density at radius 1 is 1.44 bits per heavy atom. The third-order valence-electron chi connectivity index (χ3n) is 1.93. The number of imidazole rings is 1. The predicted molar refractivity (Wildman–Crippen MR) is 53.9 cm³/mol. The minimum Gasteiger partial charge on any atom is -0.477 e. The number of nitrogens with zero attached hydrogens (tertiary/aromatic N) is 1. The molecule has 0 saturated carbocycles. The number of aromatic nitrogens is 2. The van der Waals surface area contributed by atoms with Crippen LogP contribution < -0.4 is 0 Å². The van der Waals surface area contributed by atoms with E-state index in [9.17, 15) is 18.0 Å². The highest BCUT2D eigenvalue weighted by Crippen LogP contribution is 2.12. The number of hydrogen-bond donors (Lipinski definition) is 2. The second-order valence-corrected chi connectivity index (χ2v) is 5.72. The summed E-state index contributed by atoms with van der Waals surface area (Å²) in [5, 5.41) is 6.49. The number of aromatic amines is 1. The van der Waals surface area contributed by atoms with Crippen molar-refractivity contribution in [1.82, 2.24) is 9.97 Å². The van der Waals surface area contributed by atoms with Crippen LogP contribution in [0, 0.1) is 0 Å². The van der Waals surface area contributed by atoms with E-state index in [2.05, 4.69) is 9.97 Å². The van der Waals surface area contributed by atoms with Gasteiger partial charge in [0.15, 0.2) is 11.4 Å². The van der Waals surface area contributed by atoms with Crippen LogP contribution >= 0.6 is 0 Å². The predicted octanol–water partition coefficient (Wildman–Crippen LogP) is 0.0713. The molecule has 0 aliphatic rings. The third-order valence-corrected chi connectivity index (χ3v) is 3.88. The number of carbonyl (C=O) groups is 2. The van der Waals surface area contributed by atoms with E-state index in [1.807, 2.05) is 0 Å². The minimum absolute atomic E-state index is 0.519. The summed E-state index contributed by atoms with van der Waals surface area (Å²) in [5.41, 5.74) is -1.10. The van der Waals surface area contributed by atoms with Gasteiger partial charge in [0.25, 0.3) is 5.12 Å². The molecular formula is C8H10N2O5S. The van der Waals surface area contributed by atoms with Crippen LogP contribution in [-0.2, 0) is 9.84 Å². The van der Waals surface area contributed by atoms with Gasteiger partial charge in [0, 0.05) is 0 Å². The maximum Gasteiger partial charge on any atom is 0.354 e. The van der Waals surface area contributed by atoms with Crippen molar-refractivity contribution in [2.24, 2.45) is 0 Å². The molecule has 0 radical (unpaired) electrons. The normalized spacial score (nSPS) is 11.7. The number of sulfone groups is 1. The lowest BCUT2D eigenvalue weighted by Crippen LogP contribution is -2.25. The third kappa shape index (κ3) is 1.96. The Hall–Kier alpha value is -1.70. The summed E-state index contributed by atoms with van der Waals surface area (Å²) in [4.78, 5) is 27.8. The average molecular weight is 246 g/mol. The molecule has 7 nitrogen and oxygen atoms in total. The number of carbonyl (C=O) groups excluding carboxylic acids is 1. The molecule has 0 aliphatic heterocycles. The van der Waals surface area contributed by atoms with Crippen LogP contribution in [0.1, 0.15) is 34.8 Å². The van der Waals surface area contributed by atoms with Crippen molar-refractivity contribution < 1.29 is 23.1 Å². The Kier molecular flexibility index (Phi) is 3.13. The van der Waals surface area contributed by atoms with Crippen molar-refractivity contribution >= 4 is 20.9 Å². The summed E-state index contributed by atoms with van der Waals surface area (Å²) < 4.78 is 23.0. The molecule has 0 fully saturated rings. The van der Waals surface area contributed by atoms with Gasteiger partial charge in [-0.15, -0.1) is 0 Å². The number of aromatic carboxylic acids is 1. The van der Waals surface area contributed by atoms with Crippen LogP contribution in [0.4, 0.5) is 0 Å². The molecule has 8 heteroatoms. The van der Waals surface area contributed by atoms with E-state index in [-0.39, 0.29) is 0 Å². The topological polar surface area (TPSA) is 117 Å². The summed E-state index contributed by atoms with van der Waals surface area (Å²) in [6, 6.07) is 0. The van der Waals surface area contributed by atoms with Crippen molar-refractivity contribution in [2.75, 3.05) is 0 Å². The Balaban J connectivity index is 3.27. The summed E-state index contributed by atoms with van der Waals surface area (Å²) in [7, 11) is -4.04. The number of hydrogen-bond acceptors (Lipinski definition) is 5. The van der Waals surface area contributed by atoms with Gasteiger partial charge in [0.2, 0.25) is 9.84 Å². The molecule has 88 valence electrons. The molecule has 0 spiro atoms. The first-order chi connectivity index (χ1) is 7.28. The molecule has 0 bridgehead atoms. The molecule has 1 aromatic rings. The molecule has 1 aromatic heterocycles. The zero-order chi connectivity index (χ0) is 12.5. The van der Waals surface area contributed by atoms with Crippen LogP contribution in [0.25, 0.3) is 0 Å². The summed E-state index contributed by atoms with van der Waals surface area (Å²) in [5.74, 6) is -1.43. The maximum absolute atomic E-state index is 11.6. The zero-order valence-corrected chi connectivity index (χ0v) is 9.41. The molecular weight excluding hydrogens is 236 g/mol. The lowest BCUT2D eigenvalue weighted by Gasteiger charge is -2.04. The molecule has 0 aliphatic carbocycles. The summed E-state index contributed by atoms with van der Waals surface area (Å²) >= 11 is 0. The second-order valence-electron chi connectivity index (χ2n) is 3.31. The molecule has 0 unspecified atom stereocenters. The van der Waals surface area contributed by atoms with Crippen molar-refractivity contribution in [3.63, 3.8) is 0 Å². The van der Waals surface area contributed by atoms with Gasteiger partial charge in [-0.1, -0.05) is 0 Å². The number of rotatable bonds is 3. The SMILES string of the molecule is CC(C)S(=O)(=O)C(=O)c1nc[nH]c1C(=O)O. The standard InChI is InChI=1S/C8H10N2O5S/c1-4(2)16(14,15)8(13)6-5(7(11)12)9-3-10-6/h3-4H,1-2H3,(H,9,10)(H,11,12). The van der Waals surface area contributed by atoms with Gasteiger partial charge in [-0.2, -0.15) is 0 Å². The van der Waals surface area contributed by atoms with E-state index in [1.165, 1.54) is 13.8 Å². The van der Waals surface area contributed by atoms with Gasteiger partial charge in [-0.05, 0) is 13.8 Å². The van der Waals surface area contributed by atoms with E-state index in [4.69, 9.17) is 5.11 Å². The van der Waals surface area contributed by atoms with Crippen molar-refractivity contribution in [1.29, 1.82) is 0 Å². The van der Waals surface area contributed by atoms with Crippen LogP contribution in [0.5, 0.6) is 0 Å². The molecule has 16 heavy (non-hydrogen) atoms. The van der Waals surface area contributed by atoms with E-state index in [1.54, 1.807) is 0 Å². The highest BCUT2D eigenvalue weighted by Gasteiger charge is 2.32. The van der Waals surface area contributed by atoms with Crippen molar-refractivity contribution in [3.05, 3.63) is 17.7 Å². The fourth-order valence-electron chi connectivity index (χ4n) is 0.961. The number of nitrogens with one attached hydrogen (secondary N) is 1. The van der Waals surface area contributed by atoms with Gasteiger partial charge >= 0.3 is 5.97 Å².